The van der Waals surface area contributed by atoms with E-state index in [2.05, 4.69) is 21.8 Å². The zero-order chi connectivity index (χ0) is 12.5. The molecule has 1 fully saturated rings. The number of piperidine rings is 1. The van der Waals surface area contributed by atoms with E-state index in [4.69, 9.17) is 11.1 Å². The van der Waals surface area contributed by atoms with Crippen molar-refractivity contribution in [3.63, 3.8) is 0 Å². The molecule has 2 heterocycles. The van der Waals surface area contributed by atoms with Gasteiger partial charge in [0.2, 0.25) is 0 Å². The predicted molar refractivity (Wildman–Crippen MR) is 68.2 cm³/mol. The third-order valence-corrected chi connectivity index (χ3v) is 3.67. The van der Waals surface area contributed by atoms with Gasteiger partial charge in [0.15, 0.2) is 0 Å². The molecule has 0 aromatic carbocycles. The molecular weight excluding hydrogens is 214 g/mol. The summed E-state index contributed by atoms with van der Waals surface area (Å²) in [6.45, 7) is 5.81. The SMILES string of the molecule is Cc1nccnc1N1CCC(C)(C(=N)N)CC1. The Morgan fingerprint density at radius 2 is 1.94 bits per heavy atom. The van der Waals surface area contributed by atoms with E-state index in [0.717, 1.165) is 37.4 Å². The van der Waals surface area contributed by atoms with E-state index in [1.165, 1.54) is 0 Å². The van der Waals surface area contributed by atoms with E-state index in [9.17, 15) is 0 Å². The second-order valence-electron chi connectivity index (χ2n) is 4.93. The molecular formula is C12H19N5. The fourth-order valence-electron chi connectivity index (χ4n) is 2.19. The second kappa shape index (κ2) is 4.31. The van der Waals surface area contributed by atoms with Crippen molar-refractivity contribution in [1.82, 2.24) is 9.97 Å². The molecule has 5 heteroatoms. The summed E-state index contributed by atoms with van der Waals surface area (Å²) in [5, 5.41) is 7.63. The van der Waals surface area contributed by atoms with Crippen molar-refractivity contribution in [3.8, 4) is 0 Å². The minimum atomic E-state index is -0.146. The molecule has 5 nitrogen and oxygen atoms in total. The average Bonchev–Trinajstić information content (AvgIpc) is 2.31. The smallest absolute Gasteiger partial charge is 0.150 e. The molecule has 92 valence electrons. The third kappa shape index (κ3) is 2.23. The Labute approximate surface area is 102 Å². The van der Waals surface area contributed by atoms with Gasteiger partial charge in [0.05, 0.1) is 11.5 Å². The number of amidine groups is 1. The fourth-order valence-corrected chi connectivity index (χ4v) is 2.19. The number of nitrogens with one attached hydrogen (secondary N) is 1. The normalized spacial score (nSPS) is 19.1. The molecule has 0 saturated carbocycles. The van der Waals surface area contributed by atoms with Gasteiger partial charge in [-0.05, 0) is 19.8 Å². The molecule has 1 saturated heterocycles. The number of rotatable bonds is 2. The van der Waals surface area contributed by atoms with Crippen molar-refractivity contribution >= 4 is 11.7 Å². The van der Waals surface area contributed by atoms with Crippen LogP contribution in [0.15, 0.2) is 12.4 Å². The van der Waals surface area contributed by atoms with Gasteiger partial charge >= 0.3 is 0 Å². The molecule has 0 radical (unpaired) electrons. The van der Waals surface area contributed by atoms with E-state index in [1.54, 1.807) is 12.4 Å². The summed E-state index contributed by atoms with van der Waals surface area (Å²) in [6, 6.07) is 0. The lowest BCUT2D eigenvalue weighted by Gasteiger charge is -2.39. The number of aryl methyl sites for hydroxylation is 1. The third-order valence-electron chi connectivity index (χ3n) is 3.67. The Morgan fingerprint density at radius 1 is 1.35 bits per heavy atom. The van der Waals surface area contributed by atoms with Crippen LogP contribution in [0.2, 0.25) is 0 Å². The van der Waals surface area contributed by atoms with Crippen LogP contribution in [0.4, 0.5) is 5.82 Å². The van der Waals surface area contributed by atoms with E-state index in [-0.39, 0.29) is 5.41 Å². The van der Waals surface area contributed by atoms with Crippen LogP contribution in [-0.2, 0) is 0 Å². The maximum atomic E-state index is 7.63. The lowest BCUT2D eigenvalue weighted by Crippen LogP contribution is -2.45. The lowest BCUT2D eigenvalue weighted by molar-refractivity contribution is 0.349. The lowest BCUT2D eigenvalue weighted by atomic mass is 9.79. The Bertz CT molecular complexity index is 421. The van der Waals surface area contributed by atoms with Crippen LogP contribution in [0.25, 0.3) is 0 Å². The Kier molecular flexibility index (Phi) is 3.00. The highest BCUT2D eigenvalue weighted by atomic mass is 15.2. The molecule has 0 unspecified atom stereocenters. The van der Waals surface area contributed by atoms with E-state index >= 15 is 0 Å². The Hall–Kier alpha value is -1.65. The highest BCUT2D eigenvalue weighted by molar-refractivity contribution is 5.83. The van der Waals surface area contributed by atoms with Crippen LogP contribution in [0.1, 0.15) is 25.5 Å². The minimum absolute atomic E-state index is 0.146. The molecule has 0 spiro atoms. The van der Waals surface area contributed by atoms with Gasteiger partial charge in [0.1, 0.15) is 5.82 Å². The maximum Gasteiger partial charge on any atom is 0.150 e. The van der Waals surface area contributed by atoms with Gasteiger partial charge in [0, 0.05) is 30.9 Å². The van der Waals surface area contributed by atoms with E-state index in [0.29, 0.717) is 5.84 Å². The minimum Gasteiger partial charge on any atom is -0.387 e. The summed E-state index contributed by atoms with van der Waals surface area (Å²) in [5.41, 5.74) is 6.46. The number of hydrogen-bond acceptors (Lipinski definition) is 4. The van der Waals surface area contributed by atoms with Crippen molar-refractivity contribution in [2.24, 2.45) is 11.1 Å². The van der Waals surface area contributed by atoms with Crippen molar-refractivity contribution in [2.45, 2.75) is 26.7 Å². The van der Waals surface area contributed by atoms with Crippen molar-refractivity contribution in [2.75, 3.05) is 18.0 Å². The number of hydrogen-bond donors (Lipinski definition) is 2. The highest BCUT2D eigenvalue weighted by Gasteiger charge is 2.33. The Balaban J connectivity index is 2.10. The number of nitrogens with two attached hydrogens (primary N) is 1. The zero-order valence-electron chi connectivity index (χ0n) is 10.4. The van der Waals surface area contributed by atoms with Gasteiger partial charge in [-0.25, -0.2) is 4.98 Å². The molecule has 0 aliphatic carbocycles. The fraction of sp³-hybridized carbons (Fsp3) is 0.583. The van der Waals surface area contributed by atoms with Crippen molar-refractivity contribution in [1.29, 1.82) is 5.41 Å². The molecule has 3 N–H and O–H groups in total. The van der Waals surface area contributed by atoms with Crippen molar-refractivity contribution in [3.05, 3.63) is 18.1 Å². The molecule has 0 bridgehead atoms. The molecule has 1 aliphatic rings. The molecule has 1 aromatic rings. The van der Waals surface area contributed by atoms with Crippen LogP contribution >= 0.6 is 0 Å². The summed E-state index contributed by atoms with van der Waals surface area (Å²) >= 11 is 0. The second-order valence-corrected chi connectivity index (χ2v) is 4.93. The average molecular weight is 233 g/mol. The maximum absolute atomic E-state index is 7.63. The first kappa shape index (κ1) is 11.8. The first-order valence-electron chi connectivity index (χ1n) is 5.90. The van der Waals surface area contributed by atoms with Crippen LogP contribution < -0.4 is 10.6 Å². The summed E-state index contributed by atoms with van der Waals surface area (Å²) in [7, 11) is 0. The summed E-state index contributed by atoms with van der Waals surface area (Å²) in [4.78, 5) is 10.9. The van der Waals surface area contributed by atoms with Crippen LogP contribution in [0, 0.1) is 17.7 Å². The molecule has 17 heavy (non-hydrogen) atoms. The quantitative estimate of drug-likeness (QED) is 0.596. The van der Waals surface area contributed by atoms with Crippen molar-refractivity contribution < 1.29 is 0 Å². The first-order chi connectivity index (χ1) is 8.03. The predicted octanol–water partition coefficient (Wildman–Crippen LogP) is 1.33. The summed E-state index contributed by atoms with van der Waals surface area (Å²) < 4.78 is 0. The van der Waals surface area contributed by atoms with E-state index < -0.39 is 0 Å². The monoisotopic (exact) mass is 233 g/mol. The van der Waals surface area contributed by atoms with Gasteiger partial charge < -0.3 is 10.6 Å². The van der Waals surface area contributed by atoms with Gasteiger partial charge in [-0.3, -0.25) is 10.4 Å². The first-order valence-corrected chi connectivity index (χ1v) is 5.90. The molecule has 1 aliphatic heterocycles. The van der Waals surface area contributed by atoms with E-state index in [1.807, 2.05) is 6.92 Å². The number of nitrogens with zero attached hydrogens (tertiary/aromatic N) is 3. The van der Waals surface area contributed by atoms with Gasteiger partial charge in [-0.15, -0.1) is 0 Å². The molecule has 1 aromatic heterocycles. The standard InChI is InChI=1S/C12H19N5/c1-9-10(16-6-5-15-9)17-7-3-12(2,4-8-17)11(13)14/h5-6H,3-4,7-8H2,1-2H3,(H3,13,14). The Morgan fingerprint density at radius 3 is 2.47 bits per heavy atom. The van der Waals surface area contributed by atoms with Gasteiger partial charge in [-0.1, -0.05) is 6.92 Å². The molecule has 2 rings (SSSR count). The largest absolute Gasteiger partial charge is 0.387 e. The summed E-state index contributed by atoms with van der Waals surface area (Å²) in [5.74, 6) is 1.26. The zero-order valence-corrected chi connectivity index (χ0v) is 10.4. The molecule has 0 atom stereocenters. The van der Waals surface area contributed by atoms with Crippen LogP contribution in [0.5, 0.6) is 0 Å². The highest BCUT2D eigenvalue weighted by Crippen LogP contribution is 2.32. The number of aromatic nitrogens is 2. The van der Waals surface area contributed by atoms with Gasteiger partial charge in [-0.2, -0.15) is 0 Å². The van der Waals surface area contributed by atoms with Crippen LogP contribution in [-0.4, -0.2) is 28.9 Å². The topological polar surface area (TPSA) is 78.9 Å². The summed E-state index contributed by atoms with van der Waals surface area (Å²) in [6.07, 6.45) is 5.24. The molecule has 0 amide bonds. The van der Waals surface area contributed by atoms with Gasteiger partial charge in [0.25, 0.3) is 0 Å². The van der Waals surface area contributed by atoms with Crippen LogP contribution in [0.3, 0.4) is 0 Å². The number of anilines is 1.